The fourth-order valence-electron chi connectivity index (χ4n) is 2.08. The summed E-state index contributed by atoms with van der Waals surface area (Å²) in [5.41, 5.74) is 4.52. The lowest BCUT2D eigenvalue weighted by molar-refractivity contribution is 1.35. The Morgan fingerprint density at radius 3 is 2.30 bits per heavy atom. The van der Waals surface area contributed by atoms with Crippen molar-refractivity contribution in [2.24, 2.45) is 0 Å². The van der Waals surface area contributed by atoms with Crippen molar-refractivity contribution in [3.63, 3.8) is 0 Å². The second-order valence-electron chi connectivity index (χ2n) is 4.66. The number of nitrogens with zero attached hydrogens (tertiary/aromatic N) is 1. The molecule has 3 aromatic rings. The highest BCUT2D eigenvalue weighted by atomic mass is 35.5. The molecule has 0 radical (unpaired) electrons. The lowest BCUT2D eigenvalue weighted by Crippen LogP contribution is -1.83. The van der Waals surface area contributed by atoms with Crippen molar-refractivity contribution < 1.29 is 0 Å². The van der Waals surface area contributed by atoms with Gasteiger partial charge in [-0.15, -0.1) is 22.9 Å². The van der Waals surface area contributed by atoms with Crippen LogP contribution >= 0.6 is 22.9 Å². The average molecular weight is 300 g/mol. The molecule has 0 aliphatic rings. The minimum absolute atomic E-state index is 0.494. The van der Waals surface area contributed by atoms with Crippen molar-refractivity contribution in [2.45, 2.75) is 12.8 Å². The highest BCUT2D eigenvalue weighted by molar-refractivity contribution is 7.15. The molecule has 0 aliphatic heterocycles. The fraction of sp³-hybridized carbons (Fsp3) is 0.118. The summed E-state index contributed by atoms with van der Waals surface area (Å²) in [6.45, 7) is 2.09. The Morgan fingerprint density at radius 1 is 0.950 bits per heavy atom. The van der Waals surface area contributed by atoms with Crippen LogP contribution in [0.4, 0.5) is 0 Å². The van der Waals surface area contributed by atoms with Gasteiger partial charge in [-0.05, 0) is 6.92 Å². The Labute approximate surface area is 127 Å². The van der Waals surface area contributed by atoms with Crippen molar-refractivity contribution >= 4 is 22.9 Å². The van der Waals surface area contributed by atoms with Gasteiger partial charge in [0.2, 0.25) is 0 Å². The maximum Gasteiger partial charge on any atom is 0.124 e. The van der Waals surface area contributed by atoms with Crippen molar-refractivity contribution in [2.75, 3.05) is 0 Å². The van der Waals surface area contributed by atoms with E-state index >= 15 is 0 Å². The van der Waals surface area contributed by atoms with Crippen LogP contribution < -0.4 is 0 Å². The maximum absolute atomic E-state index is 6.08. The van der Waals surface area contributed by atoms with Gasteiger partial charge in [0, 0.05) is 16.0 Å². The van der Waals surface area contributed by atoms with E-state index in [2.05, 4.69) is 43.3 Å². The summed E-state index contributed by atoms with van der Waals surface area (Å²) in [5, 5.41) is 1.02. The Balaban J connectivity index is 2.07. The van der Waals surface area contributed by atoms with Crippen LogP contribution in [0.2, 0.25) is 0 Å². The normalized spacial score (nSPS) is 10.7. The summed E-state index contributed by atoms with van der Waals surface area (Å²) in [6.07, 6.45) is 0. The topological polar surface area (TPSA) is 12.9 Å². The molecule has 0 spiro atoms. The molecule has 3 heteroatoms. The van der Waals surface area contributed by atoms with E-state index in [4.69, 9.17) is 16.6 Å². The lowest BCUT2D eigenvalue weighted by atomic mass is 10.1. The first-order chi connectivity index (χ1) is 9.78. The molecule has 0 amide bonds. The number of hydrogen-bond donors (Lipinski definition) is 0. The summed E-state index contributed by atoms with van der Waals surface area (Å²) in [4.78, 5) is 5.91. The quantitative estimate of drug-likeness (QED) is 0.580. The highest BCUT2D eigenvalue weighted by Crippen LogP contribution is 2.34. The standard InChI is InChI=1S/C17H14ClNS/c1-12-7-9-13(10-8-12)16-15(11-18)20-17(19-16)14-5-3-2-4-6-14/h2-10H,11H2,1H3. The van der Waals surface area contributed by atoms with Gasteiger partial charge in [0.25, 0.3) is 0 Å². The van der Waals surface area contributed by atoms with Gasteiger partial charge >= 0.3 is 0 Å². The van der Waals surface area contributed by atoms with Crippen molar-refractivity contribution in [1.82, 2.24) is 4.98 Å². The molecular weight excluding hydrogens is 286 g/mol. The predicted octanol–water partition coefficient (Wildman–Crippen LogP) is 5.52. The van der Waals surface area contributed by atoms with Gasteiger partial charge in [-0.1, -0.05) is 60.2 Å². The Kier molecular flexibility index (Phi) is 3.86. The molecule has 2 aromatic carbocycles. The molecule has 0 fully saturated rings. The van der Waals surface area contributed by atoms with Crippen molar-refractivity contribution in [3.8, 4) is 21.8 Å². The summed E-state index contributed by atoms with van der Waals surface area (Å²) in [7, 11) is 0. The summed E-state index contributed by atoms with van der Waals surface area (Å²) in [6, 6.07) is 18.7. The first-order valence-electron chi connectivity index (χ1n) is 6.46. The van der Waals surface area contributed by atoms with Crippen molar-refractivity contribution in [1.29, 1.82) is 0 Å². The minimum atomic E-state index is 0.494. The van der Waals surface area contributed by atoms with Gasteiger partial charge in [0.05, 0.1) is 11.6 Å². The van der Waals surface area contributed by atoms with Gasteiger partial charge in [-0.25, -0.2) is 4.98 Å². The van der Waals surface area contributed by atoms with E-state index in [0.717, 1.165) is 26.7 Å². The van der Waals surface area contributed by atoms with Crippen LogP contribution in [0.15, 0.2) is 54.6 Å². The van der Waals surface area contributed by atoms with E-state index in [9.17, 15) is 0 Å². The Bertz CT molecular complexity index is 702. The molecule has 0 aliphatic carbocycles. The third-order valence-corrected chi connectivity index (χ3v) is 4.69. The Morgan fingerprint density at radius 2 is 1.65 bits per heavy atom. The average Bonchev–Trinajstić information content (AvgIpc) is 2.93. The molecule has 0 N–H and O–H groups in total. The highest BCUT2D eigenvalue weighted by Gasteiger charge is 2.13. The molecular formula is C17H14ClNS. The van der Waals surface area contributed by atoms with Gasteiger partial charge in [-0.2, -0.15) is 0 Å². The molecule has 1 heterocycles. The van der Waals surface area contributed by atoms with E-state index in [1.165, 1.54) is 5.56 Å². The van der Waals surface area contributed by atoms with Gasteiger partial charge in [-0.3, -0.25) is 0 Å². The molecule has 1 nitrogen and oxygen atoms in total. The van der Waals surface area contributed by atoms with E-state index in [1.807, 2.05) is 18.2 Å². The van der Waals surface area contributed by atoms with Crippen molar-refractivity contribution in [3.05, 3.63) is 65.0 Å². The van der Waals surface area contributed by atoms with Crippen LogP contribution in [0.25, 0.3) is 21.8 Å². The minimum Gasteiger partial charge on any atom is -0.236 e. The number of benzene rings is 2. The van der Waals surface area contributed by atoms with Crippen LogP contribution in [0.1, 0.15) is 10.4 Å². The number of thiazole rings is 1. The Hall–Kier alpha value is -1.64. The van der Waals surface area contributed by atoms with E-state index < -0.39 is 0 Å². The zero-order valence-corrected chi connectivity index (χ0v) is 12.7. The van der Waals surface area contributed by atoms with Crippen LogP contribution in [0.5, 0.6) is 0 Å². The summed E-state index contributed by atoms with van der Waals surface area (Å²) in [5.74, 6) is 0.494. The van der Waals surface area contributed by atoms with Crippen LogP contribution in [-0.4, -0.2) is 4.98 Å². The zero-order valence-electron chi connectivity index (χ0n) is 11.1. The van der Waals surface area contributed by atoms with Crippen LogP contribution in [0.3, 0.4) is 0 Å². The maximum atomic E-state index is 6.08. The largest absolute Gasteiger partial charge is 0.236 e. The molecule has 3 rings (SSSR count). The molecule has 100 valence electrons. The summed E-state index contributed by atoms with van der Waals surface area (Å²) < 4.78 is 0. The molecule has 0 atom stereocenters. The first kappa shape index (κ1) is 13.3. The van der Waals surface area contributed by atoms with Gasteiger partial charge in [0.1, 0.15) is 5.01 Å². The number of aromatic nitrogens is 1. The number of hydrogen-bond acceptors (Lipinski definition) is 2. The molecule has 0 unspecified atom stereocenters. The van der Waals surface area contributed by atoms with Gasteiger partial charge < -0.3 is 0 Å². The number of aryl methyl sites for hydroxylation is 1. The molecule has 0 saturated carbocycles. The zero-order chi connectivity index (χ0) is 13.9. The van der Waals surface area contributed by atoms with Gasteiger partial charge in [0.15, 0.2) is 0 Å². The fourth-order valence-corrected chi connectivity index (χ4v) is 3.31. The van der Waals surface area contributed by atoms with E-state index in [0.29, 0.717) is 5.88 Å². The molecule has 1 aromatic heterocycles. The number of halogens is 1. The van der Waals surface area contributed by atoms with Crippen LogP contribution in [-0.2, 0) is 5.88 Å². The lowest BCUT2D eigenvalue weighted by Gasteiger charge is -2.00. The third-order valence-electron chi connectivity index (χ3n) is 3.16. The smallest absolute Gasteiger partial charge is 0.124 e. The summed E-state index contributed by atoms with van der Waals surface area (Å²) >= 11 is 7.75. The SMILES string of the molecule is Cc1ccc(-c2nc(-c3ccccc3)sc2CCl)cc1. The molecule has 20 heavy (non-hydrogen) atoms. The second kappa shape index (κ2) is 5.78. The molecule has 0 saturated heterocycles. The predicted molar refractivity (Wildman–Crippen MR) is 87.3 cm³/mol. The first-order valence-corrected chi connectivity index (χ1v) is 7.81. The van der Waals surface area contributed by atoms with E-state index in [1.54, 1.807) is 11.3 Å². The number of alkyl halides is 1. The van der Waals surface area contributed by atoms with E-state index in [-0.39, 0.29) is 0 Å². The van der Waals surface area contributed by atoms with Crippen LogP contribution in [0, 0.1) is 6.92 Å². The monoisotopic (exact) mass is 299 g/mol. The number of rotatable bonds is 3. The molecule has 0 bridgehead atoms. The third kappa shape index (κ3) is 2.62. The second-order valence-corrected chi connectivity index (χ2v) is 6.01.